The topological polar surface area (TPSA) is 38.7 Å². The van der Waals surface area contributed by atoms with Crippen LogP contribution in [-0.2, 0) is 0 Å². The third-order valence-electron chi connectivity index (χ3n) is 11.2. The van der Waals surface area contributed by atoms with Crippen LogP contribution in [0.1, 0.15) is 0 Å². The highest BCUT2D eigenvalue weighted by molar-refractivity contribution is 6.14. The maximum atomic E-state index is 5.33. The van der Waals surface area contributed by atoms with Crippen molar-refractivity contribution >= 4 is 43.2 Å². The Hall–Kier alpha value is -7.75. The largest absolute Gasteiger partial charge is 0.248 e. The maximum Gasteiger partial charge on any atom is 0.160 e. The van der Waals surface area contributed by atoms with Crippen molar-refractivity contribution in [3.8, 4) is 67.4 Å². The van der Waals surface area contributed by atoms with Gasteiger partial charge < -0.3 is 0 Å². The van der Waals surface area contributed by atoms with E-state index in [2.05, 4.69) is 200 Å². The molecule has 58 heavy (non-hydrogen) atoms. The van der Waals surface area contributed by atoms with Crippen molar-refractivity contribution < 1.29 is 0 Å². The summed E-state index contributed by atoms with van der Waals surface area (Å²) in [6.45, 7) is 0. The van der Waals surface area contributed by atoms with Crippen LogP contribution in [0.5, 0.6) is 0 Å². The predicted octanol–water partition coefficient (Wildman–Crippen LogP) is 14.5. The van der Waals surface area contributed by atoms with Crippen LogP contribution >= 0.6 is 0 Å². The molecule has 11 aromatic rings. The third-order valence-corrected chi connectivity index (χ3v) is 11.2. The summed E-state index contributed by atoms with van der Waals surface area (Å²) < 4.78 is 0. The molecule has 0 aliphatic carbocycles. The maximum absolute atomic E-state index is 5.33. The molecule has 270 valence electrons. The van der Waals surface area contributed by atoms with Crippen LogP contribution in [0.15, 0.2) is 212 Å². The summed E-state index contributed by atoms with van der Waals surface area (Å²) in [5, 5.41) is 8.45. The van der Waals surface area contributed by atoms with Gasteiger partial charge in [0.15, 0.2) is 5.82 Å². The van der Waals surface area contributed by atoms with Gasteiger partial charge in [0.2, 0.25) is 0 Å². The highest BCUT2D eigenvalue weighted by atomic mass is 14.9. The van der Waals surface area contributed by atoms with Gasteiger partial charge in [-0.1, -0.05) is 170 Å². The molecule has 0 atom stereocenters. The molecule has 0 aliphatic heterocycles. The van der Waals surface area contributed by atoms with Gasteiger partial charge in [0.05, 0.1) is 22.6 Å². The third kappa shape index (κ3) is 6.07. The fourth-order valence-corrected chi connectivity index (χ4v) is 8.34. The van der Waals surface area contributed by atoms with E-state index in [-0.39, 0.29) is 0 Å². The highest BCUT2D eigenvalue weighted by Crippen LogP contribution is 2.40. The van der Waals surface area contributed by atoms with Crippen molar-refractivity contribution in [1.29, 1.82) is 0 Å². The van der Waals surface area contributed by atoms with Crippen molar-refractivity contribution in [2.75, 3.05) is 0 Å². The summed E-state index contributed by atoms with van der Waals surface area (Å²) in [4.78, 5) is 15.7. The van der Waals surface area contributed by atoms with Crippen LogP contribution in [0.2, 0.25) is 0 Å². The molecule has 0 saturated heterocycles. The fraction of sp³-hybridized carbons (Fsp3) is 0. The SMILES string of the molecule is c1ccc(-c2cc(-c3ccccc3)nc(-c3cccc(-c4cc(-c5ccc6ccccc6c5)nc5ccc(-c6cc7ccccc7c7ccccc67)cc45)c3)n2)cc1. The summed E-state index contributed by atoms with van der Waals surface area (Å²) in [6, 6.07) is 75.2. The van der Waals surface area contributed by atoms with Crippen molar-refractivity contribution in [1.82, 2.24) is 15.0 Å². The molecule has 0 amide bonds. The van der Waals surface area contributed by atoms with E-state index in [4.69, 9.17) is 15.0 Å². The molecule has 0 aliphatic rings. The van der Waals surface area contributed by atoms with E-state index in [0.717, 1.165) is 66.9 Å². The molecule has 0 bridgehead atoms. The molecule has 9 aromatic carbocycles. The Labute approximate surface area is 336 Å². The molecule has 3 heteroatoms. The summed E-state index contributed by atoms with van der Waals surface area (Å²) in [5.74, 6) is 0.679. The fourth-order valence-electron chi connectivity index (χ4n) is 8.34. The Morgan fingerprint density at radius 2 is 0.793 bits per heavy atom. The number of benzene rings is 9. The second-order valence-electron chi connectivity index (χ2n) is 14.8. The van der Waals surface area contributed by atoms with E-state index in [9.17, 15) is 0 Å². The van der Waals surface area contributed by atoms with E-state index in [1.165, 1.54) is 37.9 Å². The quantitative estimate of drug-likeness (QED) is 0.160. The second kappa shape index (κ2) is 14.1. The van der Waals surface area contributed by atoms with Gasteiger partial charge in [-0.05, 0) is 97.0 Å². The van der Waals surface area contributed by atoms with Gasteiger partial charge in [-0.2, -0.15) is 0 Å². The Bertz CT molecular complexity index is 3280. The highest BCUT2D eigenvalue weighted by Gasteiger charge is 2.16. The van der Waals surface area contributed by atoms with E-state index < -0.39 is 0 Å². The van der Waals surface area contributed by atoms with Crippen LogP contribution in [0, 0.1) is 0 Å². The summed E-state index contributed by atoms with van der Waals surface area (Å²) in [5.41, 5.74) is 12.3. The zero-order valence-corrected chi connectivity index (χ0v) is 31.5. The minimum Gasteiger partial charge on any atom is -0.248 e. The van der Waals surface area contributed by atoms with E-state index in [1.807, 2.05) is 12.1 Å². The first-order valence-corrected chi connectivity index (χ1v) is 19.7. The molecule has 3 nitrogen and oxygen atoms in total. The Morgan fingerprint density at radius 1 is 0.241 bits per heavy atom. The number of pyridine rings is 1. The molecular formula is C55H35N3. The molecule has 0 N–H and O–H groups in total. The molecule has 2 heterocycles. The van der Waals surface area contributed by atoms with Gasteiger partial charge in [-0.25, -0.2) is 15.0 Å². The number of fused-ring (bicyclic) bond motifs is 5. The normalized spacial score (nSPS) is 11.4. The minimum atomic E-state index is 0.679. The van der Waals surface area contributed by atoms with Gasteiger partial charge in [-0.15, -0.1) is 0 Å². The predicted molar refractivity (Wildman–Crippen MR) is 242 cm³/mol. The molecule has 2 aromatic heterocycles. The molecule has 0 radical (unpaired) electrons. The molecule has 0 spiro atoms. The standard InChI is InChI=1S/C55H35N3/c1-3-15-37(16-4-1)53-35-54(38-17-5-2-6-18-38)58-55(57-53)44-22-13-21-40(31-44)49-34-52(43-27-26-36-14-7-8-19-39(36)30-43)56-51-29-28-42(33-50(49)51)48-32-41-20-9-10-23-45(41)46-24-11-12-25-47(46)48/h1-35H. The van der Waals surface area contributed by atoms with Crippen molar-refractivity contribution in [3.05, 3.63) is 212 Å². The average Bonchev–Trinajstić information content (AvgIpc) is 3.31. The van der Waals surface area contributed by atoms with E-state index in [1.54, 1.807) is 0 Å². The number of hydrogen-bond donors (Lipinski definition) is 0. The van der Waals surface area contributed by atoms with Crippen LogP contribution in [0.3, 0.4) is 0 Å². The summed E-state index contributed by atoms with van der Waals surface area (Å²) in [6.07, 6.45) is 0. The lowest BCUT2D eigenvalue weighted by Gasteiger charge is -2.15. The Balaban J connectivity index is 1.13. The van der Waals surface area contributed by atoms with E-state index >= 15 is 0 Å². The van der Waals surface area contributed by atoms with Crippen LogP contribution in [-0.4, -0.2) is 15.0 Å². The molecule has 0 saturated carbocycles. The zero-order chi connectivity index (χ0) is 38.4. The average molecular weight is 738 g/mol. The first kappa shape index (κ1) is 33.6. The first-order valence-electron chi connectivity index (χ1n) is 19.7. The lowest BCUT2D eigenvalue weighted by molar-refractivity contribution is 1.18. The number of hydrogen-bond acceptors (Lipinski definition) is 3. The number of rotatable bonds is 6. The molecular weight excluding hydrogens is 703 g/mol. The van der Waals surface area contributed by atoms with Crippen LogP contribution in [0.4, 0.5) is 0 Å². The van der Waals surface area contributed by atoms with Gasteiger partial charge in [-0.3, -0.25) is 0 Å². The Kier molecular flexibility index (Phi) is 8.15. The molecule has 0 unspecified atom stereocenters. The van der Waals surface area contributed by atoms with Crippen molar-refractivity contribution in [2.45, 2.75) is 0 Å². The number of nitrogens with zero attached hydrogens (tertiary/aromatic N) is 3. The van der Waals surface area contributed by atoms with Crippen molar-refractivity contribution in [2.24, 2.45) is 0 Å². The second-order valence-corrected chi connectivity index (χ2v) is 14.8. The summed E-state index contributed by atoms with van der Waals surface area (Å²) >= 11 is 0. The van der Waals surface area contributed by atoms with Crippen LogP contribution in [0.25, 0.3) is 111 Å². The minimum absolute atomic E-state index is 0.679. The molecule has 0 fully saturated rings. The summed E-state index contributed by atoms with van der Waals surface area (Å²) in [7, 11) is 0. The van der Waals surface area contributed by atoms with Gasteiger partial charge in [0.25, 0.3) is 0 Å². The van der Waals surface area contributed by atoms with Gasteiger partial charge in [0.1, 0.15) is 0 Å². The zero-order valence-electron chi connectivity index (χ0n) is 31.5. The number of aromatic nitrogens is 3. The Morgan fingerprint density at radius 3 is 1.55 bits per heavy atom. The smallest absolute Gasteiger partial charge is 0.160 e. The van der Waals surface area contributed by atoms with Gasteiger partial charge >= 0.3 is 0 Å². The lowest BCUT2D eigenvalue weighted by atomic mass is 9.91. The molecule has 11 rings (SSSR count). The first-order chi connectivity index (χ1) is 28.7. The van der Waals surface area contributed by atoms with Gasteiger partial charge in [0, 0.05) is 27.6 Å². The van der Waals surface area contributed by atoms with E-state index in [0.29, 0.717) is 5.82 Å². The van der Waals surface area contributed by atoms with Crippen molar-refractivity contribution in [3.63, 3.8) is 0 Å². The monoisotopic (exact) mass is 737 g/mol. The van der Waals surface area contributed by atoms with Crippen LogP contribution < -0.4 is 0 Å². The lowest BCUT2D eigenvalue weighted by Crippen LogP contribution is -1.96.